The van der Waals surface area contributed by atoms with Crippen LogP contribution >= 0.6 is 0 Å². The molecule has 8 N–H and O–H groups in total. The molecule has 0 aromatic heterocycles. The summed E-state index contributed by atoms with van der Waals surface area (Å²) in [6.45, 7) is 3.37. The summed E-state index contributed by atoms with van der Waals surface area (Å²) in [4.78, 5) is 0. The van der Waals surface area contributed by atoms with Crippen molar-refractivity contribution in [3.8, 4) is 34.5 Å². The van der Waals surface area contributed by atoms with Crippen LogP contribution in [-0.2, 0) is 18.9 Å². The van der Waals surface area contributed by atoms with Gasteiger partial charge in [0.05, 0.1) is 67.1 Å². The Morgan fingerprint density at radius 1 is 0.537 bits per heavy atom. The molecule has 4 heterocycles. The number of fused-ring (bicyclic) bond motifs is 1. The number of hydrogen-bond acceptors (Lipinski definition) is 18. The second-order valence-corrected chi connectivity index (χ2v) is 14.4. The summed E-state index contributed by atoms with van der Waals surface area (Å²) in [5.74, 6) is 0.877. The Morgan fingerprint density at radius 3 is 1.13 bits per heavy atom. The summed E-state index contributed by atoms with van der Waals surface area (Å²) in [6, 6.07) is 6.81. The second kappa shape index (κ2) is 15.7. The van der Waals surface area contributed by atoms with Gasteiger partial charge in [0.1, 0.15) is 48.8 Å². The Hall–Kier alpha value is -3.24. The van der Waals surface area contributed by atoms with Crippen LogP contribution in [0.5, 0.6) is 34.5 Å². The third kappa shape index (κ3) is 6.61. The highest BCUT2D eigenvalue weighted by Gasteiger charge is 2.65. The Morgan fingerprint density at radius 2 is 0.852 bits per heavy atom. The largest absolute Gasteiger partial charge is 0.493 e. The third-order valence-corrected chi connectivity index (χ3v) is 11.3. The van der Waals surface area contributed by atoms with Crippen molar-refractivity contribution >= 4 is 0 Å². The Labute approximate surface area is 311 Å². The van der Waals surface area contributed by atoms with Crippen molar-refractivity contribution in [3.63, 3.8) is 0 Å². The first-order valence-electron chi connectivity index (χ1n) is 17.4. The first-order chi connectivity index (χ1) is 25.7. The van der Waals surface area contributed by atoms with Gasteiger partial charge in [0.25, 0.3) is 0 Å². The van der Waals surface area contributed by atoms with Crippen molar-refractivity contribution in [1.29, 1.82) is 0 Å². The molecule has 0 unspecified atom stereocenters. The van der Waals surface area contributed by atoms with Gasteiger partial charge in [-0.05, 0) is 35.4 Å². The Balaban J connectivity index is 1.28. The lowest BCUT2D eigenvalue weighted by Crippen LogP contribution is -2.60. The van der Waals surface area contributed by atoms with Crippen LogP contribution in [0.4, 0.5) is 0 Å². The van der Waals surface area contributed by atoms with Crippen molar-refractivity contribution in [2.75, 3.05) is 54.9 Å². The molecule has 0 radical (unpaired) electrons. The molecule has 0 amide bonds. The van der Waals surface area contributed by atoms with Crippen LogP contribution in [0, 0.1) is 10.8 Å². The normalized spacial score (nSPS) is 39.1. The fourth-order valence-corrected chi connectivity index (χ4v) is 7.79. The topological polar surface area (TPSA) is 254 Å². The molecule has 14 atom stereocenters. The second-order valence-electron chi connectivity index (χ2n) is 14.4. The molecule has 0 spiro atoms. The van der Waals surface area contributed by atoms with Gasteiger partial charge in [-0.1, -0.05) is 13.8 Å². The zero-order valence-electron chi connectivity index (χ0n) is 30.7. The van der Waals surface area contributed by atoms with E-state index in [1.165, 1.54) is 28.4 Å². The quantitative estimate of drug-likeness (QED) is 0.128. The van der Waals surface area contributed by atoms with Crippen LogP contribution in [0.15, 0.2) is 24.3 Å². The molecule has 302 valence electrons. The fourth-order valence-electron chi connectivity index (χ4n) is 7.79. The van der Waals surface area contributed by atoms with Gasteiger partial charge in [-0.2, -0.15) is 0 Å². The minimum absolute atomic E-state index is 0.0461. The molecule has 18 heteroatoms. The van der Waals surface area contributed by atoms with E-state index >= 15 is 0 Å². The lowest BCUT2D eigenvalue weighted by atomic mass is 9.62. The summed E-state index contributed by atoms with van der Waals surface area (Å²) in [6.07, 6.45) is -16.2. The van der Waals surface area contributed by atoms with E-state index in [1.807, 2.05) is 13.8 Å². The van der Waals surface area contributed by atoms with Crippen LogP contribution in [0.1, 0.15) is 37.2 Å². The Kier molecular flexibility index (Phi) is 11.8. The maximum absolute atomic E-state index is 10.6. The first kappa shape index (κ1) is 40.4. The zero-order chi connectivity index (χ0) is 39.3. The predicted molar refractivity (Wildman–Crippen MR) is 181 cm³/mol. The van der Waals surface area contributed by atoms with E-state index in [9.17, 15) is 40.9 Å². The van der Waals surface area contributed by atoms with Gasteiger partial charge in [-0.15, -0.1) is 0 Å². The molecule has 0 bridgehead atoms. The summed E-state index contributed by atoms with van der Waals surface area (Å²) in [5.41, 5.74) is 0.0519. The minimum Gasteiger partial charge on any atom is -0.493 e. The van der Waals surface area contributed by atoms with Crippen molar-refractivity contribution in [3.05, 3.63) is 35.4 Å². The Bertz CT molecular complexity index is 1450. The van der Waals surface area contributed by atoms with Gasteiger partial charge in [-0.25, -0.2) is 0 Å². The van der Waals surface area contributed by atoms with Crippen molar-refractivity contribution < 1.29 is 88.2 Å². The molecule has 4 aliphatic rings. The molecule has 18 nitrogen and oxygen atoms in total. The van der Waals surface area contributed by atoms with Crippen molar-refractivity contribution in [2.45, 2.75) is 87.5 Å². The molecule has 0 aliphatic carbocycles. The average Bonchev–Trinajstić information content (AvgIpc) is 3.60. The lowest BCUT2D eigenvalue weighted by Gasteiger charge is -2.40. The van der Waals surface area contributed by atoms with Crippen LogP contribution in [0.3, 0.4) is 0 Å². The zero-order valence-corrected chi connectivity index (χ0v) is 30.7. The molecule has 54 heavy (non-hydrogen) atoms. The average molecular weight is 771 g/mol. The van der Waals surface area contributed by atoms with Crippen LogP contribution in [-0.4, -0.2) is 157 Å². The molecule has 4 aliphatic heterocycles. The molecule has 2 aromatic carbocycles. The molecule has 2 aromatic rings. The van der Waals surface area contributed by atoms with E-state index in [2.05, 4.69) is 0 Å². The third-order valence-electron chi connectivity index (χ3n) is 11.3. The first-order valence-corrected chi connectivity index (χ1v) is 17.4. The van der Waals surface area contributed by atoms with Gasteiger partial charge >= 0.3 is 0 Å². The van der Waals surface area contributed by atoms with E-state index in [4.69, 9.17) is 47.4 Å². The molecule has 0 saturated carbocycles. The van der Waals surface area contributed by atoms with E-state index in [0.29, 0.717) is 11.1 Å². The van der Waals surface area contributed by atoms with E-state index in [-0.39, 0.29) is 47.7 Å². The van der Waals surface area contributed by atoms with Crippen molar-refractivity contribution in [2.24, 2.45) is 10.8 Å². The smallest absolute Gasteiger partial charge is 0.229 e. The van der Waals surface area contributed by atoms with E-state index in [0.717, 1.165) is 0 Å². The van der Waals surface area contributed by atoms with E-state index in [1.54, 1.807) is 24.3 Å². The number of ether oxygens (including phenoxy) is 10. The molecule has 6 rings (SSSR count). The highest BCUT2D eigenvalue weighted by Crippen LogP contribution is 2.67. The van der Waals surface area contributed by atoms with Gasteiger partial charge in [0.2, 0.25) is 24.1 Å². The standard InChI is InChI=1S/C36H50O18/c1-35-13-49-32(16-9-19(47-5)30(20(10-16)48-6)54-34-28(44)26(42)24(40)22(12-38)52-34)36(35,2)14-50-31(35)15-7-17(45-3)29(18(8-15)46-4)53-33-27(43)25(41)23(39)21(11-37)51-33/h7-10,21-28,31-34,37-44H,11-14H2,1-6H3/t21-,22-,23-,24+,25+,26+,27+,28-,31+,32+,33+,34-,35+,36+/m1/s1. The highest BCUT2D eigenvalue weighted by molar-refractivity contribution is 5.56. The summed E-state index contributed by atoms with van der Waals surface area (Å²) < 4.78 is 58.8. The predicted octanol–water partition coefficient (Wildman–Crippen LogP) is -1.07. The number of methoxy groups -OCH3 is 4. The van der Waals surface area contributed by atoms with Gasteiger partial charge in [-0.3, -0.25) is 0 Å². The molecule has 4 fully saturated rings. The highest BCUT2D eigenvalue weighted by atomic mass is 16.7. The number of rotatable bonds is 12. The summed E-state index contributed by atoms with van der Waals surface area (Å²) >= 11 is 0. The molecule has 4 saturated heterocycles. The van der Waals surface area contributed by atoms with E-state index < -0.39 is 97.7 Å². The summed E-state index contributed by atoms with van der Waals surface area (Å²) in [5, 5.41) is 81.4. The maximum Gasteiger partial charge on any atom is 0.229 e. The summed E-state index contributed by atoms with van der Waals surface area (Å²) in [7, 11) is 5.67. The molecular weight excluding hydrogens is 720 g/mol. The van der Waals surface area contributed by atoms with Gasteiger partial charge < -0.3 is 88.2 Å². The van der Waals surface area contributed by atoms with Crippen molar-refractivity contribution in [1.82, 2.24) is 0 Å². The van der Waals surface area contributed by atoms with Gasteiger partial charge in [0.15, 0.2) is 23.0 Å². The van der Waals surface area contributed by atoms with Crippen LogP contribution in [0.2, 0.25) is 0 Å². The maximum atomic E-state index is 10.6. The lowest BCUT2D eigenvalue weighted by molar-refractivity contribution is -0.277. The minimum atomic E-state index is -1.66. The molecular formula is C36H50O18. The number of hydrogen-bond donors (Lipinski definition) is 8. The van der Waals surface area contributed by atoms with Crippen LogP contribution in [0.25, 0.3) is 0 Å². The number of benzene rings is 2. The SMILES string of the molecule is COc1cc([C@@H]2OC[C@@]3(C)[C@H](c4cc(OC)c(O[C@H]5O[C@H](CO)[C@H](O)[C@H](O)[C@H]5O)c(OC)c4)OC[C@@]23C)cc(OC)c1O[C@@H]1O[C@H](CO)[C@@H](O)[C@H](O)[C@@H]1O. The number of aliphatic hydroxyl groups is 8. The van der Waals surface area contributed by atoms with Crippen LogP contribution < -0.4 is 28.4 Å². The monoisotopic (exact) mass is 770 g/mol. The number of aliphatic hydroxyl groups excluding tert-OH is 8. The fraction of sp³-hybridized carbons (Fsp3) is 0.667. The van der Waals surface area contributed by atoms with Gasteiger partial charge in [0, 0.05) is 10.8 Å².